The molecular weight excluding hydrogens is 621 g/mol. The Morgan fingerprint density at radius 1 is 0.889 bits per heavy atom. The molecule has 5 aromatic rings. The van der Waals surface area contributed by atoms with Crippen molar-refractivity contribution in [1.82, 2.24) is 9.97 Å². The Hall–Kier alpha value is -4.41. The molecule has 0 N–H and O–H groups in total. The van der Waals surface area contributed by atoms with Crippen LogP contribution in [0.2, 0.25) is 0 Å². The molecule has 0 amide bonds. The number of aryl methyl sites for hydroxylation is 1. The monoisotopic (exact) mass is 641 g/mol. The fraction of sp³-hybridized carbons (Fsp3) is 0.0323. The first-order valence-electron chi connectivity index (χ1n) is 10.9. The molecule has 0 spiro atoms. The van der Waals surface area contributed by atoms with Crippen molar-refractivity contribution in [1.29, 1.82) is 5.26 Å². The van der Waals surface area contributed by atoms with E-state index in [4.69, 9.17) is 11.8 Å². The summed E-state index contributed by atoms with van der Waals surface area (Å²) < 4.78 is 0. The molecule has 1 radical (unpaired) electrons. The third-order valence-corrected chi connectivity index (χ3v) is 5.28. The van der Waals surface area contributed by atoms with Crippen LogP contribution in [-0.4, -0.2) is 9.97 Å². The third kappa shape index (κ3) is 6.17. The zero-order valence-corrected chi connectivity index (χ0v) is 21.8. The van der Waals surface area contributed by atoms with E-state index in [1.807, 2.05) is 91.9 Å². The fourth-order valence-electron chi connectivity index (χ4n) is 3.62. The second kappa shape index (κ2) is 12.9. The molecule has 2 heterocycles. The Kier molecular flexibility index (Phi) is 9.38. The van der Waals surface area contributed by atoms with Crippen molar-refractivity contribution in [3.05, 3.63) is 138 Å². The molecule has 0 aliphatic carbocycles. The van der Waals surface area contributed by atoms with E-state index in [0.717, 1.165) is 27.9 Å². The van der Waals surface area contributed by atoms with Gasteiger partial charge >= 0.3 is 0 Å². The minimum absolute atomic E-state index is 0. The molecule has 5 rings (SSSR count). The third-order valence-electron chi connectivity index (χ3n) is 5.28. The van der Waals surface area contributed by atoms with E-state index >= 15 is 0 Å². The normalized spacial score (nSPS) is 9.53. The van der Waals surface area contributed by atoms with Crippen molar-refractivity contribution in [3.8, 4) is 39.7 Å². The van der Waals surface area contributed by atoms with Gasteiger partial charge in [0.15, 0.2) is 0 Å². The molecule has 2 aromatic heterocycles. The van der Waals surface area contributed by atoms with E-state index in [0.29, 0.717) is 22.5 Å². The average Bonchev–Trinajstić information content (AvgIpc) is 2.94. The van der Waals surface area contributed by atoms with Gasteiger partial charge in [-0.1, -0.05) is 42.5 Å². The summed E-state index contributed by atoms with van der Waals surface area (Å²) in [6.45, 7) is 9.42. The SMILES string of the molecule is [C-]#[N+]c1cc(C#N)c[c-]c1-c1nccc(C)c1-c1ccccc1.[Ir].[c-]1ccccc1-c1ccccn1. The van der Waals surface area contributed by atoms with Crippen molar-refractivity contribution in [2.24, 2.45) is 0 Å². The quantitative estimate of drug-likeness (QED) is 0.192. The summed E-state index contributed by atoms with van der Waals surface area (Å²) in [4.78, 5) is 12.3. The average molecular weight is 641 g/mol. The Bertz CT molecular complexity index is 1470. The molecule has 0 aliphatic rings. The first-order valence-corrected chi connectivity index (χ1v) is 10.9. The van der Waals surface area contributed by atoms with Gasteiger partial charge in [0.1, 0.15) is 6.57 Å². The van der Waals surface area contributed by atoms with Crippen LogP contribution in [0.5, 0.6) is 0 Å². The molecule has 0 saturated heterocycles. The van der Waals surface area contributed by atoms with Gasteiger partial charge in [0, 0.05) is 44.3 Å². The molecule has 0 saturated carbocycles. The second-order valence-electron chi connectivity index (χ2n) is 7.58. The van der Waals surface area contributed by atoms with Crippen LogP contribution < -0.4 is 0 Å². The van der Waals surface area contributed by atoms with E-state index in [1.54, 1.807) is 24.5 Å². The number of aromatic nitrogens is 2. The molecule has 0 bridgehead atoms. The Balaban J connectivity index is 0.000000234. The molecule has 4 nitrogen and oxygen atoms in total. The van der Waals surface area contributed by atoms with Crippen molar-refractivity contribution < 1.29 is 20.1 Å². The maximum atomic E-state index is 9.01. The van der Waals surface area contributed by atoms with Gasteiger partial charge in [0.05, 0.1) is 0 Å². The molecule has 5 heteroatoms. The minimum Gasteiger partial charge on any atom is -0.305 e. The summed E-state index contributed by atoms with van der Waals surface area (Å²) in [5.74, 6) is 0. The van der Waals surface area contributed by atoms with Crippen LogP contribution in [0.15, 0.2) is 103 Å². The van der Waals surface area contributed by atoms with Crippen LogP contribution in [0.4, 0.5) is 5.69 Å². The van der Waals surface area contributed by atoms with Crippen LogP contribution in [-0.2, 0) is 20.1 Å². The Morgan fingerprint density at radius 3 is 2.33 bits per heavy atom. The van der Waals surface area contributed by atoms with Gasteiger partial charge in [-0.2, -0.15) is 4.85 Å². The molecule has 0 fully saturated rings. The van der Waals surface area contributed by atoms with Crippen molar-refractivity contribution in [2.75, 3.05) is 0 Å². The number of nitrogens with zero attached hydrogens (tertiary/aromatic N) is 4. The summed E-state index contributed by atoms with van der Waals surface area (Å²) in [6.07, 6.45) is 3.52. The van der Waals surface area contributed by atoms with Gasteiger partial charge in [0.2, 0.25) is 5.69 Å². The Morgan fingerprint density at radius 2 is 1.67 bits per heavy atom. The fourth-order valence-corrected chi connectivity index (χ4v) is 3.62. The van der Waals surface area contributed by atoms with E-state index in [9.17, 15) is 0 Å². The zero-order chi connectivity index (χ0) is 24.5. The summed E-state index contributed by atoms with van der Waals surface area (Å²) in [5, 5.41) is 9.01. The number of pyridine rings is 2. The number of hydrogen-bond donors (Lipinski definition) is 0. The van der Waals surface area contributed by atoms with Gasteiger partial charge in [-0.15, -0.1) is 48.0 Å². The van der Waals surface area contributed by atoms with Crippen LogP contribution in [0, 0.1) is 37.0 Å². The van der Waals surface area contributed by atoms with E-state index < -0.39 is 0 Å². The largest absolute Gasteiger partial charge is 0.305 e. The van der Waals surface area contributed by atoms with E-state index in [2.05, 4.69) is 26.9 Å². The van der Waals surface area contributed by atoms with Crippen LogP contribution in [0.3, 0.4) is 0 Å². The standard InChI is InChI=1S/C20H12N3.C11H8N.Ir/c1-14-10-11-23-20(19(14)16-6-4-3-5-7-16)17-9-8-15(13-21)12-18(17)22-2;1-2-6-10(7-3-1)11-8-4-5-9-12-11;/h3-8,10-12H,1H3;1-6,8-9H;/q2*-1;. The molecule has 36 heavy (non-hydrogen) atoms. The van der Waals surface area contributed by atoms with Crippen LogP contribution >= 0.6 is 0 Å². The number of nitriles is 1. The molecule has 0 unspecified atom stereocenters. The van der Waals surface area contributed by atoms with Gasteiger partial charge in [-0.3, -0.25) is 0 Å². The number of hydrogen-bond acceptors (Lipinski definition) is 3. The summed E-state index contributed by atoms with van der Waals surface area (Å²) >= 11 is 0. The van der Waals surface area contributed by atoms with Crippen LogP contribution in [0.25, 0.3) is 38.5 Å². The van der Waals surface area contributed by atoms with Gasteiger partial charge in [0.25, 0.3) is 0 Å². The van der Waals surface area contributed by atoms with Crippen molar-refractivity contribution in [3.63, 3.8) is 0 Å². The van der Waals surface area contributed by atoms with Gasteiger partial charge in [-0.25, -0.2) is 5.26 Å². The predicted octanol–water partition coefficient (Wildman–Crippen LogP) is 7.49. The molecule has 0 aliphatic heterocycles. The summed E-state index contributed by atoms with van der Waals surface area (Å²) in [7, 11) is 0. The van der Waals surface area contributed by atoms with Crippen molar-refractivity contribution in [2.45, 2.75) is 6.92 Å². The molecule has 3 aromatic carbocycles. The Labute approximate surface area is 225 Å². The first-order chi connectivity index (χ1) is 17.2. The number of benzene rings is 3. The summed E-state index contributed by atoms with van der Waals surface area (Å²) in [6, 6.07) is 37.0. The number of rotatable bonds is 3. The summed E-state index contributed by atoms with van der Waals surface area (Å²) in [5.41, 5.74) is 7.27. The van der Waals surface area contributed by atoms with Crippen LogP contribution in [0.1, 0.15) is 11.1 Å². The maximum absolute atomic E-state index is 9.01. The first kappa shape index (κ1) is 26.2. The predicted molar refractivity (Wildman–Crippen MR) is 138 cm³/mol. The topological polar surface area (TPSA) is 53.9 Å². The van der Waals surface area contributed by atoms with E-state index in [1.165, 1.54) is 0 Å². The maximum Gasteiger partial charge on any atom is 0.236 e. The van der Waals surface area contributed by atoms with E-state index in [-0.39, 0.29) is 20.1 Å². The van der Waals surface area contributed by atoms with Gasteiger partial charge < -0.3 is 9.97 Å². The van der Waals surface area contributed by atoms with Crippen molar-refractivity contribution >= 4 is 5.69 Å². The molecule has 0 atom stereocenters. The van der Waals surface area contributed by atoms with Gasteiger partial charge in [-0.05, 0) is 58.6 Å². The second-order valence-corrected chi connectivity index (χ2v) is 7.58. The zero-order valence-electron chi connectivity index (χ0n) is 19.4. The smallest absolute Gasteiger partial charge is 0.236 e. The molecule has 175 valence electrons. The minimum atomic E-state index is 0. The molecular formula is C31H20IrN4-2.